The summed E-state index contributed by atoms with van der Waals surface area (Å²) < 4.78 is 4.87. The minimum absolute atomic E-state index is 0.0745. The van der Waals surface area contributed by atoms with Gasteiger partial charge in [-0.25, -0.2) is 0 Å². The van der Waals surface area contributed by atoms with Crippen molar-refractivity contribution in [3.8, 4) is 17.2 Å². The SMILES string of the molecule is COc1cc(CCC(N)=O)c(O)cc1O. The molecule has 0 spiro atoms. The molecule has 15 heavy (non-hydrogen) atoms. The van der Waals surface area contributed by atoms with Crippen molar-refractivity contribution < 1.29 is 19.7 Å². The predicted octanol–water partition coefficient (Wildman–Crippen LogP) is 0.524. The molecule has 0 atom stereocenters. The number of hydrogen-bond donors (Lipinski definition) is 3. The first kappa shape index (κ1) is 11.2. The van der Waals surface area contributed by atoms with E-state index < -0.39 is 5.91 Å². The van der Waals surface area contributed by atoms with E-state index in [-0.39, 0.29) is 23.7 Å². The van der Waals surface area contributed by atoms with E-state index in [9.17, 15) is 15.0 Å². The lowest BCUT2D eigenvalue weighted by Gasteiger charge is -2.08. The molecular formula is C10H13NO4. The fourth-order valence-corrected chi connectivity index (χ4v) is 1.22. The Morgan fingerprint density at radius 2 is 2.07 bits per heavy atom. The third-order valence-electron chi connectivity index (χ3n) is 2.02. The van der Waals surface area contributed by atoms with Gasteiger partial charge in [-0.3, -0.25) is 4.79 Å². The number of amides is 1. The van der Waals surface area contributed by atoms with Gasteiger partial charge in [-0.15, -0.1) is 0 Å². The third kappa shape index (κ3) is 2.77. The highest BCUT2D eigenvalue weighted by Crippen LogP contribution is 2.33. The topological polar surface area (TPSA) is 92.8 Å². The molecule has 0 radical (unpaired) electrons. The number of primary amides is 1. The van der Waals surface area contributed by atoms with Crippen molar-refractivity contribution in [2.24, 2.45) is 5.73 Å². The Hall–Kier alpha value is -1.91. The van der Waals surface area contributed by atoms with E-state index in [1.807, 2.05) is 0 Å². The van der Waals surface area contributed by atoms with Crippen LogP contribution in [-0.4, -0.2) is 23.2 Å². The van der Waals surface area contributed by atoms with Crippen molar-refractivity contribution in [3.05, 3.63) is 17.7 Å². The van der Waals surface area contributed by atoms with Crippen molar-refractivity contribution in [1.82, 2.24) is 0 Å². The molecule has 1 amide bonds. The molecule has 5 nitrogen and oxygen atoms in total. The Bertz CT molecular complexity index is 376. The molecule has 1 rings (SSSR count). The molecule has 4 N–H and O–H groups in total. The van der Waals surface area contributed by atoms with Gasteiger partial charge in [-0.1, -0.05) is 0 Å². The lowest BCUT2D eigenvalue weighted by molar-refractivity contribution is -0.117. The minimum Gasteiger partial charge on any atom is -0.508 e. The zero-order chi connectivity index (χ0) is 11.4. The maximum Gasteiger partial charge on any atom is 0.217 e. The first-order valence-electron chi connectivity index (χ1n) is 4.41. The number of ether oxygens (including phenoxy) is 1. The second-order valence-corrected chi connectivity index (χ2v) is 3.12. The van der Waals surface area contributed by atoms with Gasteiger partial charge in [0, 0.05) is 12.5 Å². The summed E-state index contributed by atoms with van der Waals surface area (Å²) in [4.78, 5) is 10.6. The van der Waals surface area contributed by atoms with Crippen LogP contribution in [0.25, 0.3) is 0 Å². The van der Waals surface area contributed by atoms with E-state index in [0.29, 0.717) is 12.0 Å². The molecule has 0 aliphatic rings. The van der Waals surface area contributed by atoms with Crippen LogP contribution in [0.15, 0.2) is 12.1 Å². The molecule has 0 aliphatic carbocycles. The summed E-state index contributed by atoms with van der Waals surface area (Å²) in [5.74, 6) is -0.402. The van der Waals surface area contributed by atoms with Gasteiger partial charge in [-0.2, -0.15) is 0 Å². The number of nitrogens with two attached hydrogens (primary N) is 1. The Kier molecular flexibility index (Phi) is 3.38. The van der Waals surface area contributed by atoms with Crippen LogP contribution >= 0.6 is 0 Å². The lowest BCUT2D eigenvalue weighted by Crippen LogP contribution is -2.11. The summed E-state index contributed by atoms with van der Waals surface area (Å²) in [6, 6.07) is 2.66. The lowest BCUT2D eigenvalue weighted by atomic mass is 10.1. The van der Waals surface area contributed by atoms with Gasteiger partial charge >= 0.3 is 0 Å². The van der Waals surface area contributed by atoms with Crippen LogP contribution < -0.4 is 10.5 Å². The fraction of sp³-hybridized carbons (Fsp3) is 0.300. The van der Waals surface area contributed by atoms with Gasteiger partial charge in [0.1, 0.15) is 5.75 Å². The highest BCUT2D eigenvalue weighted by molar-refractivity contribution is 5.74. The minimum atomic E-state index is -0.443. The van der Waals surface area contributed by atoms with E-state index in [1.165, 1.54) is 19.2 Å². The summed E-state index contributed by atoms with van der Waals surface area (Å²) in [6.45, 7) is 0. The van der Waals surface area contributed by atoms with Crippen LogP contribution in [0.3, 0.4) is 0 Å². The summed E-state index contributed by atoms with van der Waals surface area (Å²) in [6.07, 6.45) is 0.458. The Morgan fingerprint density at radius 3 is 2.60 bits per heavy atom. The van der Waals surface area contributed by atoms with Gasteiger partial charge in [0.25, 0.3) is 0 Å². The van der Waals surface area contributed by atoms with Gasteiger partial charge < -0.3 is 20.7 Å². The van der Waals surface area contributed by atoms with Gasteiger partial charge in [0.2, 0.25) is 5.91 Å². The molecular weight excluding hydrogens is 198 g/mol. The standard InChI is InChI=1S/C10H13NO4/c1-15-9-4-6(2-3-10(11)14)7(12)5-8(9)13/h4-5,12-13H,2-3H2,1H3,(H2,11,14). The van der Waals surface area contributed by atoms with Crippen LogP contribution in [-0.2, 0) is 11.2 Å². The molecule has 0 fully saturated rings. The number of hydrogen-bond acceptors (Lipinski definition) is 4. The Morgan fingerprint density at radius 1 is 1.40 bits per heavy atom. The van der Waals surface area contributed by atoms with E-state index >= 15 is 0 Å². The highest BCUT2D eigenvalue weighted by Gasteiger charge is 2.09. The summed E-state index contributed by atoms with van der Waals surface area (Å²) in [5, 5.41) is 18.8. The summed E-state index contributed by atoms with van der Waals surface area (Å²) >= 11 is 0. The first-order chi connectivity index (χ1) is 7.04. The van der Waals surface area contributed by atoms with Crippen LogP contribution in [0, 0.1) is 0 Å². The predicted molar refractivity (Wildman–Crippen MR) is 53.8 cm³/mol. The molecule has 0 saturated carbocycles. The average molecular weight is 211 g/mol. The fourth-order valence-electron chi connectivity index (χ4n) is 1.22. The number of carbonyl (C=O) groups excluding carboxylic acids is 1. The Labute approximate surface area is 87.1 Å². The molecule has 1 aromatic rings. The number of aromatic hydroxyl groups is 2. The molecule has 82 valence electrons. The number of phenolic OH excluding ortho intramolecular Hbond substituents is 2. The zero-order valence-corrected chi connectivity index (χ0v) is 8.36. The zero-order valence-electron chi connectivity index (χ0n) is 8.36. The van der Waals surface area contributed by atoms with Gasteiger partial charge in [-0.05, 0) is 18.1 Å². The maximum absolute atomic E-state index is 10.6. The molecule has 5 heteroatoms. The Balaban J connectivity index is 2.92. The van der Waals surface area contributed by atoms with Crippen LogP contribution in [0.1, 0.15) is 12.0 Å². The van der Waals surface area contributed by atoms with Crippen molar-refractivity contribution >= 4 is 5.91 Å². The van der Waals surface area contributed by atoms with E-state index in [4.69, 9.17) is 10.5 Å². The number of benzene rings is 1. The quantitative estimate of drug-likeness (QED) is 0.677. The normalized spacial score (nSPS) is 9.93. The molecule has 0 unspecified atom stereocenters. The first-order valence-corrected chi connectivity index (χ1v) is 4.41. The third-order valence-corrected chi connectivity index (χ3v) is 2.02. The molecule has 0 heterocycles. The molecule has 0 bridgehead atoms. The molecule has 0 aromatic heterocycles. The van der Waals surface area contributed by atoms with Gasteiger partial charge in [0.15, 0.2) is 11.5 Å². The number of methoxy groups -OCH3 is 1. The maximum atomic E-state index is 10.6. The van der Waals surface area contributed by atoms with Crippen molar-refractivity contribution in [2.75, 3.05) is 7.11 Å². The van der Waals surface area contributed by atoms with E-state index in [0.717, 1.165) is 0 Å². The van der Waals surface area contributed by atoms with Crippen LogP contribution in [0.4, 0.5) is 0 Å². The van der Waals surface area contributed by atoms with Gasteiger partial charge in [0.05, 0.1) is 7.11 Å². The number of phenols is 2. The summed E-state index contributed by atoms with van der Waals surface area (Å²) in [7, 11) is 1.41. The monoisotopic (exact) mass is 211 g/mol. The molecule has 1 aromatic carbocycles. The second kappa shape index (κ2) is 4.54. The number of rotatable bonds is 4. The highest BCUT2D eigenvalue weighted by atomic mass is 16.5. The van der Waals surface area contributed by atoms with E-state index in [1.54, 1.807) is 0 Å². The van der Waals surface area contributed by atoms with Crippen LogP contribution in [0.2, 0.25) is 0 Å². The summed E-state index contributed by atoms with van der Waals surface area (Å²) in [5.41, 5.74) is 5.51. The molecule has 0 aliphatic heterocycles. The molecule has 0 saturated heterocycles. The van der Waals surface area contributed by atoms with Crippen molar-refractivity contribution in [1.29, 1.82) is 0 Å². The van der Waals surface area contributed by atoms with E-state index in [2.05, 4.69) is 0 Å². The van der Waals surface area contributed by atoms with Crippen molar-refractivity contribution in [3.63, 3.8) is 0 Å². The van der Waals surface area contributed by atoms with Crippen LogP contribution in [0.5, 0.6) is 17.2 Å². The number of aryl methyl sites for hydroxylation is 1. The smallest absolute Gasteiger partial charge is 0.217 e. The van der Waals surface area contributed by atoms with Crippen molar-refractivity contribution in [2.45, 2.75) is 12.8 Å². The largest absolute Gasteiger partial charge is 0.508 e. The number of carbonyl (C=O) groups is 1. The second-order valence-electron chi connectivity index (χ2n) is 3.12. The average Bonchev–Trinajstić information content (AvgIpc) is 2.16.